The molecule has 19 heavy (non-hydrogen) atoms. The fraction of sp³-hybridized carbons (Fsp3) is 0.500. The molecule has 0 amide bonds. The number of halogens is 1. The first kappa shape index (κ1) is 12.9. The minimum atomic E-state index is 0.132. The third-order valence-corrected chi connectivity index (χ3v) is 4.64. The van der Waals surface area contributed by atoms with Crippen molar-refractivity contribution in [2.75, 3.05) is 31.1 Å². The SMILES string of the molecule is N=C(N)c1c(Br)cccc1N1CCN(C2CC2)CC1. The van der Waals surface area contributed by atoms with E-state index in [1.54, 1.807) is 0 Å². The van der Waals surface area contributed by atoms with Gasteiger partial charge in [-0.1, -0.05) is 6.07 Å². The molecule has 0 radical (unpaired) electrons. The van der Waals surface area contributed by atoms with Gasteiger partial charge in [-0.05, 0) is 40.9 Å². The maximum atomic E-state index is 7.76. The van der Waals surface area contributed by atoms with Gasteiger partial charge in [0.2, 0.25) is 0 Å². The number of hydrogen-bond acceptors (Lipinski definition) is 3. The lowest BCUT2D eigenvalue weighted by atomic mass is 10.1. The van der Waals surface area contributed by atoms with Crippen LogP contribution in [0.4, 0.5) is 5.69 Å². The van der Waals surface area contributed by atoms with Crippen LogP contribution in [0.3, 0.4) is 0 Å². The Bertz CT molecular complexity index is 490. The Balaban J connectivity index is 1.79. The van der Waals surface area contributed by atoms with Crippen LogP contribution in [0.15, 0.2) is 22.7 Å². The number of piperazine rings is 1. The highest BCUT2D eigenvalue weighted by Crippen LogP contribution is 2.31. The van der Waals surface area contributed by atoms with Crippen LogP contribution >= 0.6 is 15.9 Å². The number of benzene rings is 1. The van der Waals surface area contributed by atoms with Crippen molar-refractivity contribution >= 4 is 27.5 Å². The molecule has 102 valence electrons. The molecule has 4 nitrogen and oxygen atoms in total. The van der Waals surface area contributed by atoms with E-state index >= 15 is 0 Å². The second-order valence-corrected chi connectivity index (χ2v) is 6.16. The molecule has 0 spiro atoms. The number of rotatable bonds is 3. The molecule has 2 fully saturated rings. The van der Waals surface area contributed by atoms with Gasteiger partial charge in [0.05, 0.1) is 5.56 Å². The van der Waals surface area contributed by atoms with Crippen LogP contribution in [0, 0.1) is 5.41 Å². The van der Waals surface area contributed by atoms with Gasteiger partial charge in [0, 0.05) is 42.4 Å². The summed E-state index contributed by atoms with van der Waals surface area (Å²) in [6.07, 6.45) is 2.74. The molecule has 0 unspecified atom stereocenters. The monoisotopic (exact) mass is 322 g/mol. The summed E-state index contributed by atoms with van der Waals surface area (Å²) in [4.78, 5) is 4.93. The number of nitrogens with two attached hydrogens (primary N) is 1. The van der Waals surface area contributed by atoms with E-state index in [1.165, 1.54) is 12.8 Å². The summed E-state index contributed by atoms with van der Waals surface area (Å²) in [5, 5.41) is 7.76. The fourth-order valence-electron chi connectivity index (χ4n) is 2.81. The number of amidine groups is 1. The van der Waals surface area contributed by atoms with E-state index in [0.29, 0.717) is 0 Å². The lowest BCUT2D eigenvalue weighted by Gasteiger charge is -2.37. The van der Waals surface area contributed by atoms with Crippen LogP contribution in [0.1, 0.15) is 18.4 Å². The van der Waals surface area contributed by atoms with Gasteiger partial charge in [-0.25, -0.2) is 0 Å². The van der Waals surface area contributed by atoms with Gasteiger partial charge in [-0.3, -0.25) is 10.3 Å². The molecule has 3 N–H and O–H groups in total. The van der Waals surface area contributed by atoms with E-state index in [9.17, 15) is 0 Å². The summed E-state index contributed by atoms with van der Waals surface area (Å²) in [6, 6.07) is 6.87. The standard InChI is InChI=1S/C14H19BrN4/c15-11-2-1-3-12(13(11)14(16)17)19-8-6-18(7-9-19)10-4-5-10/h1-3,10H,4-9H2,(H3,16,17). The Morgan fingerprint density at radius 1 is 1.21 bits per heavy atom. The van der Waals surface area contributed by atoms with Gasteiger partial charge in [0.25, 0.3) is 0 Å². The van der Waals surface area contributed by atoms with Crippen molar-refractivity contribution in [2.45, 2.75) is 18.9 Å². The predicted molar refractivity (Wildman–Crippen MR) is 82.0 cm³/mol. The Labute approximate surface area is 122 Å². The molecule has 1 aliphatic heterocycles. The lowest BCUT2D eigenvalue weighted by Crippen LogP contribution is -2.47. The zero-order valence-electron chi connectivity index (χ0n) is 10.9. The van der Waals surface area contributed by atoms with Crippen LogP contribution < -0.4 is 10.6 Å². The molecule has 1 saturated carbocycles. The van der Waals surface area contributed by atoms with Crippen molar-refractivity contribution < 1.29 is 0 Å². The number of nitrogens with one attached hydrogen (secondary N) is 1. The number of nitrogens with zero attached hydrogens (tertiary/aromatic N) is 2. The Morgan fingerprint density at radius 2 is 1.89 bits per heavy atom. The third-order valence-electron chi connectivity index (χ3n) is 3.98. The Kier molecular flexibility index (Phi) is 3.50. The molecular formula is C14H19BrN4. The first-order chi connectivity index (χ1) is 9.16. The Morgan fingerprint density at radius 3 is 2.47 bits per heavy atom. The van der Waals surface area contributed by atoms with Crippen molar-refractivity contribution in [3.63, 3.8) is 0 Å². The molecule has 2 aliphatic rings. The molecule has 1 saturated heterocycles. The minimum absolute atomic E-state index is 0.132. The predicted octanol–water partition coefficient (Wildman–Crippen LogP) is 2.02. The van der Waals surface area contributed by atoms with E-state index in [1.807, 2.05) is 12.1 Å². The summed E-state index contributed by atoms with van der Waals surface area (Å²) < 4.78 is 0.905. The molecule has 3 rings (SSSR count). The maximum Gasteiger partial charge on any atom is 0.126 e. The number of nitrogen functional groups attached to an aromatic ring is 1. The van der Waals surface area contributed by atoms with Crippen molar-refractivity contribution in [3.8, 4) is 0 Å². The number of anilines is 1. The van der Waals surface area contributed by atoms with Crippen molar-refractivity contribution in [3.05, 3.63) is 28.2 Å². The molecule has 5 heteroatoms. The van der Waals surface area contributed by atoms with Gasteiger partial charge in [0.1, 0.15) is 5.84 Å². The average molecular weight is 323 g/mol. The molecule has 0 bridgehead atoms. The van der Waals surface area contributed by atoms with E-state index in [4.69, 9.17) is 11.1 Å². The highest BCUT2D eigenvalue weighted by atomic mass is 79.9. The topological polar surface area (TPSA) is 56.4 Å². The maximum absolute atomic E-state index is 7.76. The molecule has 1 aliphatic carbocycles. The molecule has 0 atom stereocenters. The first-order valence-electron chi connectivity index (χ1n) is 6.78. The van der Waals surface area contributed by atoms with E-state index in [2.05, 4.69) is 31.8 Å². The molecule has 0 aromatic heterocycles. The summed E-state index contributed by atoms with van der Waals surface area (Å²) in [6.45, 7) is 4.28. The molecular weight excluding hydrogens is 304 g/mol. The van der Waals surface area contributed by atoms with Gasteiger partial charge >= 0.3 is 0 Å². The Hall–Kier alpha value is -1.07. The smallest absolute Gasteiger partial charge is 0.126 e. The fourth-order valence-corrected chi connectivity index (χ4v) is 3.38. The van der Waals surface area contributed by atoms with Crippen LogP contribution in [-0.2, 0) is 0 Å². The van der Waals surface area contributed by atoms with Crippen LogP contribution in [0.5, 0.6) is 0 Å². The van der Waals surface area contributed by atoms with E-state index in [-0.39, 0.29) is 5.84 Å². The zero-order valence-corrected chi connectivity index (χ0v) is 12.5. The van der Waals surface area contributed by atoms with Crippen LogP contribution in [0.2, 0.25) is 0 Å². The minimum Gasteiger partial charge on any atom is -0.384 e. The van der Waals surface area contributed by atoms with Crippen LogP contribution in [0.25, 0.3) is 0 Å². The van der Waals surface area contributed by atoms with Crippen molar-refractivity contribution in [1.29, 1.82) is 5.41 Å². The molecule has 1 heterocycles. The normalized spacial score (nSPS) is 20.6. The second-order valence-electron chi connectivity index (χ2n) is 5.30. The quantitative estimate of drug-likeness (QED) is 0.661. The highest BCUT2D eigenvalue weighted by molar-refractivity contribution is 9.10. The summed E-state index contributed by atoms with van der Waals surface area (Å²) >= 11 is 3.50. The number of hydrogen-bond donors (Lipinski definition) is 2. The molecule has 1 aromatic rings. The lowest BCUT2D eigenvalue weighted by molar-refractivity contribution is 0.248. The first-order valence-corrected chi connectivity index (χ1v) is 7.58. The summed E-state index contributed by atoms with van der Waals surface area (Å²) in [5.41, 5.74) is 7.63. The van der Waals surface area contributed by atoms with Gasteiger partial charge in [-0.2, -0.15) is 0 Å². The molecule has 1 aromatic carbocycles. The average Bonchev–Trinajstić information content (AvgIpc) is 3.22. The van der Waals surface area contributed by atoms with Gasteiger partial charge in [-0.15, -0.1) is 0 Å². The van der Waals surface area contributed by atoms with Gasteiger partial charge < -0.3 is 10.6 Å². The van der Waals surface area contributed by atoms with E-state index in [0.717, 1.165) is 47.9 Å². The second kappa shape index (κ2) is 5.13. The van der Waals surface area contributed by atoms with Gasteiger partial charge in [0.15, 0.2) is 0 Å². The zero-order chi connectivity index (χ0) is 13.4. The highest BCUT2D eigenvalue weighted by Gasteiger charge is 2.31. The van der Waals surface area contributed by atoms with E-state index < -0.39 is 0 Å². The van der Waals surface area contributed by atoms with Crippen LogP contribution in [-0.4, -0.2) is 43.0 Å². The summed E-state index contributed by atoms with van der Waals surface area (Å²) in [7, 11) is 0. The third kappa shape index (κ3) is 2.62. The van der Waals surface area contributed by atoms with Crippen molar-refractivity contribution in [2.24, 2.45) is 5.73 Å². The summed E-state index contributed by atoms with van der Waals surface area (Å²) in [5.74, 6) is 0.132. The van der Waals surface area contributed by atoms with Crippen molar-refractivity contribution in [1.82, 2.24) is 4.90 Å². The largest absolute Gasteiger partial charge is 0.384 e.